The number of hydrogen-bond donors (Lipinski definition) is 2. The van der Waals surface area contributed by atoms with Crippen LogP contribution in [0.5, 0.6) is 0 Å². The Morgan fingerprint density at radius 1 is 1.70 bits per heavy atom. The molecule has 0 bridgehead atoms. The zero-order valence-electron chi connectivity index (χ0n) is 6.48. The topological polar surface area (TPSA) is 55.1 Å². The highest BCUT2D eigenvalue weighted by Gasteiger charge is 1.99. The van der Waals surface area contributed by atoms with Crippen molar-refractivity contribution in [2.45, 2.75) is 20.3 Å². The van der Waals surface area contributed by atoms with Gasteiger partial charge in [0.25, 0.3) is 5.91 Å². The van der Waals surface area contributed by atoms with Crippen molar-refractivity contribution < 1.29 is 4.79 Å². The number of carbonyl (C=O) groups excluding carboxylic acids is 1. The van der Waals surface area contributed by atoms with Crippen LogP contribution in [-0.4, -0.2) is 12.5 Å². The molecule has 0 saturated heterocycles. The van der Waals surface area contributed by atoms with Crippen LogP contribution in [-0.2, 0) is 4.79 Å². The first-order valence-corrected chi connectivity index (χ1v) is 3.42. The lowest BCUT2D eigenvalue weighted by atomic mass is 10.4. The number of allylic oxidation sites excluding steroid dienone is 1. The Labute approximate surface area is 61.3 Å². The molecule has 0 aromatic heterocycles. The van der Waals surface area contributed by atoms with E-state index in [1.165, 1.54) is 0 Å². The second kappa shape index (κ2) is 4.85. The highest BCUT2D eigenvalue weighted by Crippen LogP contribution is 1.82. The lowest BCUT2D eigenvalue weighted by molar-refractivity contribution is -0.117. The van der Waals surface area contributed by atoms with Crippen molar-refractivity contribution in [3.63, 3.8) is 0 Å². The number of hydrogen-bond acceptors (Lipinski definition) is 2. The SMILES string of the molecule is CC=C(N)C(=O)NCCC. The van der Waals surface area contributed by atoms with E-state index in [1.54, 1.807) is 13.0 Å². The summed E-state index contributed by atoms with van der Waals surface area (Å²) in [5.74, 6) is -0.177. The molecule has 10 heavy (non-hydrogen) atoms. The van der Waals surface area contributed by atoms with Gasteiger partial charge >= 0.3 is 0 Å². The molecule has 0 aromatic rings. The minimum Gasteiger partial charge on any atom is -0.395 e. The Bertz CT molecular complexity index is 141. The second-order valence-corrected chi connectivity index (χ2v) is 2.00. The van der Waals surface area contributed by atoms with Crippen LogP contribution in [0.15, 0.2) is 11.8 Å². The number of nitrogens with one attached hydrogen (secondary N) is 1. The van der Waals surface area contributed by atoms with E-state index < -0.39 is 0 Å². The van der Waals surface area contributed by atoms with E-state index >= 15 is 0 Å². The van der Waals surface area contributed by atoms with Crippen molar-refractivity contribution in [2.24, 2.45) is 5.73 Å². The summed E-state index contributed by atoms with van der Waals surface area (Å²) in [5, 5.41) is 2.65. The van der Waals surface area contributed by atoms with Gasteiger partial charge in [-0.1, -0.05) is 13.0 Å². The van der Waals surface area contributed by atoms with Crippen LogP contribution in [0.2, 0.25) is 0 Å². The van der Waals surface area contributed by atoms with Crippen LogP contribution in [0.3, 0.4) is 0 Å². The second-order valence-electron chi connectivity index (χ2n) is 2.00. The molecule has 0 heterocycles. The average Bonchev–Trinajstić information content (AvgIpc) is 1.98. The predicted octanol–water partition coefficient (Wildman–Crippen LogP) is 0.375. The monoisotopic (exact) mass is 142 g/mol. The number of nitrogens with two attached hydrogens (primary N) is 1. The first-order valence-electron chi connectivity index (χ1n) is 3.42. The average molecular weight is 142 g/mol. The van der Waals surface area contributed by atoms with Gasteiger partial charge in [-0.05, 0) is 13.3 Å². The number of carbonyl (C=O) groups is 1. The lowest BCUT2D eigenvalue weighted by Crippen LogP contribution is -2.28. The molecule has 0 aliphatic carbocycles. The van der Waals surface area contributed by atoms with Gasteiger partial charge in [0.1, 0.15) is 0 Å². The van der Waals surface area contributed by atoms with Gasteiger partial charge in [0.05, 0.1) is 5.70 Å². The number of rotatable bonds is 3. The fourth-order valence-corrected chi connectivity index (χ4v) is 0.472. The van der Waals surface area contributed by atoms with Crippen LogP contribution in [0, 0.1) is 0 Å². The summed E-state index contributed by atoms with van der Waals surface area (Å²) >= 11 is 0. The fraction of sp³-hybridized carbons (Fsp3) is 0.571. The number of amides is 1. The van der Waals surface area contributed by atoms with Gasteiger partial charge in [-0.2, -0.15) is 0 Å². The third kappa shape index (κ3) is 3.12. The maximum atomic E-state index is 10.8. The smallest absolute Gasteiger partial charge is 0.266 e. The van der Waals surface area contributed by atoms with Crippen LogP contribution in [0.1, 0.15) is 20.3 Å². The van der Waals surface area contributed by atoms with Crippen LogP contribution >= 0.6 is 0 Å². The highest BCUT2D eigenvalue weighted by molar-refractivity contribution is 5.92. The van der Waals surface area contributed by atoms with Gasteiger partial charge in [-0.3, -0.25) is 4.79 Å². The third-order valence-electron chi connectivity index (χ3n) is 1.11. The molecule has 0 aliphatic heterocycles. The fourth-order valence-electron chi connectivity index (χ4n) is 0.472. The van der Waals surface area contributed by atoms with Gasteiger partial charge in [-0.15, -0.1) is 0 Å². The van der Waals surface area contributed by atoms with E-state index in [4.69, 9.17) is 5.73 Å². The summed E-state index contributed by atoms with van der Waals surface area (Å²) in [5.41, 5.74) is 5.59. The highest BCUT2D eigenvalue weighted by atomic mass is 16.1. The molecule has 0 spiro atoms. The summed E-state index contributed by atoms with van der Waals surface area (Å²) in [6.45, 7) is 4.42. The maximum Gasteiger partial charge on any atom is 0.266 e. The Kier molecular flexibility index (Phi) is 4.37. The van der Waals surface area contributed by atoms with Crippen molar-refractivity contribution in [2.75, 3.05) is 6.54 Å². The lowest BCUT2D eigenvalue weighted by Gasteiger charge is -2.01. The first kappa shape index (κ1) is 9.01. The largest absolute Gasteiger partial charge is 0.395 e. The molecule has 0 aliphatic rings. The van der Waals surface area contributed by atoms with Gasteiger partial charge in [0, 0.05) is 6.54 Å². The van der Waals surface area contributed by atoms with Crippen LogP contribution in [0.25, 0.3) is 0 Å². The molecular weight excluding hydrogens is 128 g/mol. The molecule has 0 radical (unpaired) electrons. The molecule has 3 heteroatoms. The van der Waals surface area contributed by atoms with Crippen molar-refractivity contribution >= 4 is 5.91 Å². The molecule has 3 nitrogen and oxygen atoms in total. The summed E-state index contributed by atoms with van der Waals surface area (Å²) in [6.07, 6.45) is 2.52. The molecule has 1 amide bonds. The summed E-state index contributed by atoms with van der Waals surface area (Å²) < 4.78 is 0. The molecule has 0 saturated carbocycles. The van der Waals surface area contributed by atoms with Gasteiger partial charge in [0.15, 0.2) is 0 Å². The Hall–Kier alpha value is -0.990. The predicted molar refractivity (Wildman–Crippen MR) is 41.2 cm³/mol. The molecule has 0 atom stereocenters. The third-order valence-corrected chi connectivity index (χ3v) is 1.11. The molecule has 0 unspecified atom stereocenters. The minimum absolute atomic E-state index is 0.177. The Morgan fingerprint density at radius 2 is 2.30 bits per heavy atom. The van der Waals surface area contributed by atoms with E-state index in [1.807, 2.05) is 6.92 Å². The Balaban J connectivity index is 3.63. The van der Waals surface area contributed by atoms with Crippen molar-refractivity contribution in [3.8, 4) is 0 Å². The van der Waals surface area contributed by atoms with E-state index in [9.17, 15) is 4.79 Å². The molecule has 0 aromatic carbocycles. The Morgan fingerprint density at radius 3 is 2.70 bits per heavy atom. The summed E-state index contributed by atoms with van der Waals surface area (Å²) in [4.78, 5) is 10.8. The van der Waals surface area contributed by atoms with E-state index in [2.05, 4.69) is 5.32 Å². The molecule has 0 fully saturated rings. The minimum atomic E-state index is -0.177. The van der Waals surface area contributed by atoms with Crippen molar-refractivity contribution in [1.29, 1.82) is 0 Å². The van der Waals surface area contributed by atoms with E-state index in [-0.39, 0.29) is 11.6 Å². The van der Waals surface area contributed by atoms with E-state index in [0.29, 0.717) is 6.54 Å². The normalized spacial score (nSPS) is 11.2. The first-order chi connectivity index (χ1) is 4.72. The van der Waals surface area contributed by atoms with E-state index in [0.717, 1.165) is 6.42 Å². The standard InChI is InChI=1S/C7H14N2O/c1-3-5-9-7(10)6(8)4-2/h4H,3,5,8H2,1-2H3,(H,9,10). The summed E-state index contributed by atoms with van der Waals surface area (Å²) in [7, 11) is 0. The zero-order chi connectivity index (χ0) is 7.98. The zero-order valence-corrected chi connectivity index (χ0v) is 6.48. The van der Waals surface area contributed by atoms with Crippen molar-refractivity contribution in [3.05, 3.63) is 11.8 Å². The van der Waals surface area contributed by atoms with Crippen molar-refractivity contribution in [1.82, 2.24) is 5.32 Å². The molecule has 58 valence electrons. The van der Waals surface area contributed by atoms with Gasteiger partial charge in [0.2, 0.25) is 0 Å². The molecule has 0 rings (SSSR count). The maximum absolute atomic E-state index is 10.8. The van der Waals surface area contributed by atoms with Gasteiger partial charge in [-0.25, -0.2) is 0 Å². The van der Waals surface area contributed by atoms with Crippen LogP contribution < -0.4 is 11.1 Å². The van der Waals surface area contributed by atoms with Crippen LogP contribution in [0.4, 0.5) is 0 Å². The van der Waals surface area contributed by atoms with Gasteiger partial charge < -0.3 is 11.1 Å². The quantitative estimate of drug-likeness (QED) is 0.559. The molecule has 3 N–H and O–H groups in total. The molecular formula is C7H14N2O. The summed E-state index contributed by atoms with van der Waals surface area (Å²) in [6, 6.07) is 0.